The zero-order valence-corrected chi connectivity index (χ0v) is 22.0. The molecule has 1 aromatic carbocycles. The zero-order valence-electron chi connectivity index (χ0n) is 20.4. The van der Waals surface area contributed by atoms with Gasteiger partial charge in [-0.15, -0.1) is 0 Å². The fraction of sp³-hybridized carbons (Fsp3) is 0.385. The van der Waals surface area contributed by atoms with Crippen LogP contribution in [0.25, 0.3) is 0 Å². The second-order valence-corrected chi connectivity index (χ2v) is 10.7. The number of para-hydroxylation sites is 1. The number of nitrogens with one attached hydrogen (secondary N) is 1. The summed E-state index contributed by atoms with van der Waals surface area (Å²) in [5, 5.41) is 12.4. The van der Waals surface area contributed by atoms with Crippen molar-refractivity contribution in [3.63, 3.8) is 0 Å². The van der Waals surface area contributed by atoms with Gasteiger partial charge in [0.05, 0.1) is 12.4 Å². The Labute approximate surface area is 224 Å². The third-order valence-corrected chi connectivity index (χ3v) is 7.73. The molecule has 4 heterocycles. The number of hydrogen-bond donors (Lipinski definition) is 2. The lowest BCUT2D eigenvalue weighted by Gasteiger charge is -2.44. The number of benzene rings is 1. The molecule has 2 aliphatic heterocycles. The Balaban J connectivity index is 1.29. The Bertz CT molecular complexity index is 1300. The number of nitrogens with zero attached hydrogens (tertiary/aromatic N) is 4. The van der Waals surface area contributed by atoms with E-state index in [1.165, 1.54) is 6.20 Å². The van der Waals surface area contributed by atoms with Crippen LogP contribution in [-0.2, 0) is 0 Å². The number of fused-ring (bicyclic) bond motifs is 1. The van der Waals surface area contributed by atoms with Crippen LogP contribution in [0.4, 0.5) is 10.6 Å². The van der Waals surface area contributed by atoms with Gasteiger partial charge in [0.2, 0.25) is 5.88 Å². The summed E-state index contributed by atoms with van der Waals surface area (Å²) in [6, 6.07) is 9.67. The van der Waals surface area contributed by atoms with Crippen molar-refractivity contribution in [1.82, 2.24) is 20.3 Å². The van der Waals surface area contributed by atoms with E-state index in [2.05, 4.69) is 31.2 Å². The highest BCUT2D eigenvalue weighted by Crippen LogP contribution is 2.52. The lowest BCUT2D eigenvalue weighted by Crippen LogP contribution is -2.52. The molecule has 0 unspecified atom stereocenters. The van der Waals surface area contributed by atoms with Gasteiger partial charge in [0.15, 0.2) is 10.9 Å². The molecule has 11 heteroatoms. The number of hydrogen-bond acceptors (Lipinski definition) is 7. The van der Waals surface area contributed by atoms with Crippen LogP contribution in [0.2, 0.25) is 10.2 Å². The summed E-state index contributed by atoms with van der Waals surface area (Å²) in [4.78, 5) is 26.4. The van der Waals surface area contributed by atoms with Crippen molar-refractivity contribution in [3.8, 4) is 17.4 Å². The van der Waals surface area contributed by atoms with Gasteiger partial charge in [0.1, 0.15) is 22.2 Å². The minimum Gasteiger partial charge on any atom is -0.486 e. The zero-order chi connectivity index (χ0) is 26.2. The largest absolute Gasteiger partial charge is 0.486 e. The summed E-state index contributed by atoms with van der Waals surface area (Å²) in [7, 11) is 0. The fourth-order valence-electron chi connectivity index (χ4n) is 5.27. The van der Waals surface area contributed by atoms with E-state index in [1.54, 1.807) is 18.5 Å². The van der Waals surface area contributed by atoms with E-state index in [0.717, 1.165) is 43.1 Å². The van der Waals surface area contributed by atoms with E-state index in [4.69, 9.17) is 32.7 Å². The van der Waals surface area contributed by atoms with Crippen molar-refractivity contribution < 1.29 is 19.4 Å². The molecule has 0 radical (unpaired) electrons. The number of carboxylic acid groups (broad SMARTS) is 1. The molecular weight excluding hydrogens is 517 g/mol. The van der Waals surface area contributed by atoms with Gasteiger partial charge in [-0.05, 0) is 26.3 Å². The molecule has 1 spiro atoms. The summed E-state index contributed by atoms with van der Waals surface area (Å²) in [6.07, 6.45) is 5.86. The number of aromatic nitrogens is 3. The van der Waals surface area contributed by atoms with Crippen molar-refractivity contribution in [1.29, 1.82) is 0 Å². The number of carbonyl (C=O) groups is 1. The van der Waals surface area contributed by atoms with Crippen LogP contribution >= 0.6 is 23.2 Å². The average Bonchev–Trinajstić information content (AvgIpc) is 3.14. The van der Waals surface area contributed by atoms with Gasteiger partial charge in [-0.25, -0.2) is 19.7 Å². The van der Waals surface area contributed by atoms with Gasteiger partial charge >= 0.3 is 6.09 Å². The number of pyridine rings is 1. The number of amides is 1. The Hall–Kier alpha value is -3.30. The van der Waals surface area contributed by atoms with Crippen molar-refractivity contribution in [2.24, 2.45) is 0 Å². The van der Waals surface area contributed by atoms with E-state index in [9.17, 15) is 9.90 Å². The molecule has 0 bridgehead atoms. The van der Waals surface area contributed by atoms with Gasteiger partial charge in [0, 0.05) is 55.2 Å². The number of halogens is 2. The van der Waals surface area contributed by atoms with E-state index >= 15 is 0 Å². The molecule has 0 saturated carbocycles. The first-order valence-corrected chi connectivity index (χ1v) is 12.8. The normalized spacial score (nSPS) is 18.3. The molecule has 5 rings (SSSR count). The summed E-state index contributed by atoms with van der Waals surface area (Å²) in [5.74, 6) is 2.33. The summed E-state index contributed by atoms with van der Waals surface area (Å²) in [6.45, 7) is 5.27. The lowest BCUT2D eigenvalue weighted by atomic mass is 9.72. The third kappa shape index (κ3) is 5.24. The molecule has 2 aromatic heterocycles. The maximum absolute atomic E-state index is 11.4. The Morgan fingerprint density at radius 1 is 1.19 bits per heavy atom. The van der Waals surface area contributed by atoms with Crippen LogP contribution in [0.5, 0.6) is 17.4 Å². The van der Waals surface area contributed by atoms with Crippen molar-refractivity contribution >= 4 is 35.1 Å². The fourth-order valence-corrected chi connectivity index (χ4v) is 5.57. The minimum atomic E-state index is -1.03. The number of piperidine rings is 1. The van der Waals surface area contributed by atoms with E-state index in [1.807, 2.05) is 32.0 Å². The second-order valence-electron chi connectivity index (χ2n) is 9.99. The standard InChI is InChI=1S/C26H27Cl2N5O4/c1-25(2,32-24(34)35)13-17-16-5-3-4-6-18(16)37-26(17)8-11-33(12-9-26)20-14-31-21(15-30-20)36-19-7-10-29-23(28)22(19)27/h3-7,10,14-15,17,32H,8-9,11-13H2,1-2H3,(H,34,35)/t17-/m1/s1. The topological polar surface area (TPSA) is 110 Å². The van der Waals surface area contributed by atoms with Gasteiger partial charge in [0.25, 0.3) is 0 Å². The van der Waals surface area contributed by atoms with Crippen LogP contribution in [0, 0.1) is 0 Å². The highest BCUT2D eigenvalue weighted by atomic mass is 35.5. The summed E-state index contributed by atoms with van der Waals surface area (Å²) >= 11 is 12.1. The van der Waals surface area contributed by atoms with Gasteiger partial charge in [-0.3, -0.25) is 0 Å². The van der Waals surface area contributed by atoms with Crippen molar-refractivity contribution in [2.45, 2.75) is 50.2 Å². The molecule has 1 fully saturated rings. The minimum absolute atomic E-state index is 0.0616. The van der Waals surface area contributed by atoms with Crippen LogP contribution in [0.3, 0.4) is 0 Å². The van der Waals surface area contributed by atoms with Gasteiger partial charge < -0.3 is 24.8 Å². The Morgan fingerprint density at radius 3 is 2.65 bits per heavy atom. The highest BCUT2D eigenvalue weighted by molar-refractivity contribution is 6.42. The van der Waals surface area contributed by atoms with Crippen molar-refractivity contribution in [2.75, 3.05) is 18.0 Å². The SMILES string of the molecule is CC(C)(C[C@@H]1c2ccccc2OC12CCN(c1cnc(Oc3ccnc(Cl)c3Cl)cn1)CC2)NC(=O)O. The molecule has 2 N–H and O–H groups in total. The predicted octanol–water partition coefficient (Wildman–Crippen LogP) is 5.92. The maximum Gasteiger partial charge on any atom is 0.405 e. The molecule has 194 valence electrons. The molecule has 1 atom stereocenters. The van der Waals surface area contributed by atoms with Crippen LogP contribution < -0.4 is 19.7 Å². The number of anilines is 1. The smallest absolute Gasteiger partial charge is 0.405 e. The molecule has 1 amide bonds. The van der Waals surface area contributed by atoms with Crippen LogP contribution in [0.15, 0.2) is 48.9 Å². The quantitative estimate of drug-likeness (QED) is 0.368. The van der Waals surface area contributed by atoms with E-state index < -0.39 is 17.2 Å². The molecule has 1 saturated heterocycles. The highest BCUT2D eigenvalue weighted by Gasteiger charge is 2.51. The summed E-state index contributed by atoms with van der Waals surface area (Å²) in [5.41, 5.74) is 0.114. The van der Waals surface area contributed by atoms with E-state index in [0.29, 0.717) is 18.1 Å². The number of ether oxygens (including phenoxy) is 2. The van der Waals surface area contributed by atoms with Gasteiger partial charge in [-0.1, -0.05) is 41.4 Å². The first-order chi connectivity index (χ1) is 17.7. The monoisotopic (exact) mass is 543 g/mol. The lowest BCUT2D eigenvalue weighted by molar-refractivity contribution is 0.0314. The predicted molar refractivity (Wildman–Crippen MR) is 140 cm³/mol. The molecule has 2 aliphatic rings. The summed E-state index contributed by atoms with van der Waals surface area (Å²) < 4.78 is 12.3. The van der Waals surface area contributed by atoms with Crippen LogP contribution in [-0.4, -0.2) is 50.4 Å². The Morgan fingerprint density at radius 2 is 1.95 bits per heavy atom. The van der Waals surface area contributed by atoms with Gasteiger partial charge in [-0.2, -0.15) is 0 Å². The maximum atomic E-state index is 11.4. The second kappa shape index (κ2) is 9.87. The molecule has 37 heavy (non-hydrogen) atoms. The third-order valence-electron chi connectivity index (χ3n) is 6.98. The Kier molecular flexibility index (Phi) is 6.76. The van der Waals surface area contributed by atoms with E-state index in [-0.39, 0.29) is 16.1 Å². The van der Waals surface area contributed by atoms with Crippen molar-refractivity contribution in [3.05, 3.63) is 64.7 Å². The molecule has 3 aromatic rings. The number of rotatable bonds is 6. The average molecular weight is 544 g/mol. The molecular formula is C26H27Cl2N5O4. The molecule has 9 nitrogen and oxygen atoms in total. The first-order valence-electron chi connectivity index (χ1n) is 12.0. The van der Waals surface area contributed by atoms with Crippen LogP contribution in [0.1, 0.15) is 44.6 Å². The molecule has 0 aliphatic carbocycles. The first kappa shape index (κ1) is 25.4.